The topological polar surface area (TPSA) is 75.7 Å². The van der Waals surface area contributed by atoms with E-state index in [1.54, 1.807) is 24.3 Å². The zero-order valence-corrected chi connectivity index (χ0v) is 20.2. The van der Waals surface area contributed by atoms with Gasteiger partial charge in [-0.3, -0.25) is 14.5 Å². The fraction of sp³-hybridized carbons (Fsp3) is 0.296. The average Bonchev–Trinajstić information content (AvgIpc) is 3.57. The minimum atomic E-state index is -1.01. The lowest BCUT2D eigenvalue weighted by Crippen LogP contribution is -2.46. The van der Waals surface area contributed by atoms with Crippen molar-refractivity contribution in [3.8, 4) is 0 Å². The second-order valence-electron chi connectivity index (χ2n) is 8.50. The number of nitrogens with one attached hydrogen (secondary N) is 1. The third kappa shape index (κ3) is 5.95. The molecule has 6 nitrogen and oxygen atoms in total. The molecule has 1 aromatic heterocycles. The minimum absolute atomic E-state index is 0.0430. The summed E-state index contributed by atoms with van der Waals surface area (Å²) in [5.41, 5.74) is 1.28. The Morgan fingerprint density at radius 1 is 1.06 bits per heavy atom. The van der Waals surface area contributed by atoms with E-state index in [1.165, 1.54) is 47.6 Å². The Bertz CT molecular complexity index is 1160. The summed E-state index contributed by atoms with van der Waals surface area (Å²) in [7, 11) is 1.30. The lowest BCUT2D eigenvalue weighted by Gasteiger charge is -2.32. The Kier molecular flexibility index (Phi) is 7.92. The zero-order valence-electron chi connectivity index (χ0n) is 19.4. The van der Waals surface area contributed by atoms with Crippen LogP contribution in [0.1, 0.15) is 52.5 Å². The van der Waals surface area contributed by atoms with E-state index >= 15 is 0 Å². The first kappa shape index (κ1) is 24.6. The number of rotatable bonds is 8. The molecule has 3 aromatic rings. The van der Waals surface area contributed by atoms with Crippen LogP contribution in [0.4, 0.5) is 10.1 Å². The fourth-order valence-corrected chi connectivity index (χ4v) is 5.07. The summed E-state index contributed by atoms with van der Waals surface area (Å²) in [6.07, 6.45) is 3.97. The average molecular weight is 495 g/mol. The standard InChI is InChI=1S/C27H27FN2O4S/c1-34-27(33)19-10-14-22(15-11-19)30(24(31)17-23-7-4-16-35-23)25(18-8-12-20(28)13-9-18)26(32)29-21-5-2-3-6-21/h4,7-16,21,25H,2-3,5-6,17H2,1H3,(H,29,32)/t25-/m0/s1. The summed E-state index contributed by atoms with van der Waals surface area (Å²) in [6.45, 7) is 0. The number of hydrogen-bond acceptors (Lipinski definition) is 5. The highest BCUT2D eigenvalue weighted by atomic mass is 32.1. The van der Waals surface area contributed by atoms with Crippen molar-refractivity contribution in [1.29, 1.82) is 0 Å². The maximum Gasteiger partial charge on any atom is 0.337 e. The van der Waals surface area contributed by atoms with Crippen molar-refractivity contribution in [2.75, 3.05) is 12.0 Å². The summed E-state index contributed by atoms with van der Waals surface area (Å²) in [5, 5.41) is 4.99. The van der Waals surface area contributed by atoms with Crippen molar-refractivity contribution in [1.82, 2.24) is 5.32 Å². The molecule has 0 saturated heterocycles. The Morgan fingerprint density at radius 3 is 2.34 bits per heavy atom. The Morgan fingerprint density at radius 2 is 1.74 bits per heavy atom. The zero-order chi connectivity index (χ0) is 24.8. The monoisotopic (exact) mass is 494 g/mol. The molecular formula is C27H27FN2O4S. The molecule has 0 spiro atoms. The molecule has 1 aliphatic rings. The molecule has 2 amide bonds. The molecule has 0 bridgehead atoms. The first-order valence-electron chi connectivity index (χ1n) is 11.5. The molecule has 8 heteroatoms. The van der Waals surface area contributed by atoms with E-state index in [9.17, 15) is 18.8 Å². The third-order valence-electron chi connectivity index (χ3n) is 6.13. The highest BCUT2D eigenvalue weighted by Crippen LogP contribution is 2.31. The molecule has 35 heavy (non-hydrogen) atoms. The lowest BCUT2D eigenvalue weighted by atomic mass is 10.0. The van der Waals surface area contributed by atoms with Crippen molar-refractivity contribution in [2.24, 2.45) is 0 Å². The summed E-state index contributed by atoms with van der Waals surface area (Å²) in [4.78, 5) is 41.6. The van der Waals surface area contributed by atoms with Gasteiger partial charge in [0, 0.05) is 16.6 Å². The molecule has 4 rings (SSSR count). The van der Waals surface area contributed by atoms with E-state index < -0.39 is 17.8 Å². The molecule has 0 aliphatic heterocycles. The number of carbonyl (C=O) groups is 3. The van der Waals surface area contributed by atoms with Crippen LogP contribution in [0.3, 0.4) is 0 Å². The quantitative estimate of drug-likeness (QED) is 0.445. The van der Waals surface area contributed by atoms with Gasteiger partial charge in [-0.25, -0.2) is 9.18 Å². The molecule has 1 N–H and O–H groups in total. The molecule has 1 fully saturated rings. The lowest BCUT2D eigenvalue weighted by molar-refractivity contribution is -0.127. The molecule has 1 heterocycles. The number of nitrogens with zero attached hydrogens (tertiary/aromatic N) is 1. The number of carbonyl (C=O) groups excluding carboxylic acids is 3. The number of anilines is 1. The number of thiophene rings is 1. The van der Waals surface area contributed by atoms with E-state index in [1.807, 2.05) is 17.5 Å². The van der Waals surface area contributed by atoms with Crippen LogP contribution in [0.5, 0.6) is 0 Å². The number of halogens is 1. The van der Waals surface area contributed by atoms with E-state index in [0.717, 1.165) is 30.6 Å². The van der Waals surface area contributed by atoms with Crippen LogP contribution < -0.4 is 10.2 Å². The van der Waals surface area contributed by atoms with Gasteiger partial charge in [0.2, 0.25) is 11.8 Å². The van der Waals surface area contributed by atoms with Crippen LogP contribution in [0, 0.1) is 5.82 Å². The number of amides is 2. The van der Waals surface area contributed by atoms with Gasteiger partial charge in [0.25, 0.3) is 0 Å². The SMILES string of the molecule is COC(=O)c1ccc(N(C(=O)Cc2cccs2)[C@H](C(=O)NC2CCCC2)c2ccc(F)cc2)cc1. The maximum atomic E-state index is 13.7. The number of methoxy groups -OCH3 is 1. The van der Waals surface area contributed by atoms with Crippen LogP contribution in [-0.2, 0) is 20.7 Å². The summed E-state index contributed by atoms with van der Waals surface area (Å²) in [5.74, 6) is -1.53. The highest BCUT2D eigenvalue weighted by molar-refractivity contribution is 7.10. The molecular weight excluding hydrogens is 467 g/mol. The summed E-state index contributed by atoms with van der Waals surface area (Å²) >= 11 is 1.46. The van der Waals surface area contributed by atoms with Crippen molar-refractivity contribution >= 4 is 34.8 Å². The van der Waals surface area contributed by atoms with Crippen LogP contribution in [-0.4, -0.2) is 30.9 Å². The van der Waals surface area contributed by atoms with Gasteiger partial charge in [-0.1, -0.05) is 31.0 Å². The summed E-state index contributed by atoms with van der Waals surface area (Å²) < 4.78 is 18.5. The van der Waals surface area contributed by atoms with Gasteiger partial charge >= 0.3 is 5.97 Å². The van der Waals surface area contributed by atoms with Gasteiger partial charge in [0.15, 0.2) is 0 Å². The van der Waals surface area contributed by atoms with E-state index in [4.69, 9.17) is 4.74 Å². The minimum Gasteiger partial charge on any atom is -0.465 e. The van der Waals surface area contributed by atoms with Crippen molar-refractivity contribution in [2.45, 2.75) is 44.2 Å². The maximum absolute atomic E-state index is 13.7. The second-order valence-corrected chi connectivity index (χ2v) is 9.53. The first-order chi connectivity index (χ1) is 17.0. The third-order valence-corrected chi connectivity index (χ3v) is 7.01. The number of esters is 1. The normalized spacial score (nSPS) is 14.3. The Labute approximate surface area is 207 Å². The predicted octanol–water partition coefficient (Wildman–Crippen LogP) is 5.05. The predicted molar refractivity (Wildman–Crippen MR) is 133 cm³/mol. The van der Waals surface area contributed by atoms with Crippen molar-refractivity contribution in [3.05, 3.63) is 87.9 Å². The van der Waals surface area contributed by atoms with Gasteiger partial charge in [-0.2, -0.15) is 0 Å². The molecule has 1 saturated carbocycles. The largest absolute Gasteiger partial charge is 0.465 e. The summed E-state index contributed by atoms with van der Waals surface area (Å²) in [6, 6.07) is 14.8. The second kappa shape index (κ2) is 11.3. The molecule has 2 aromatic carbocycles. The van der Waals surface area contributed by atoms with Crippen LogP contribution in [0.15, 0.2) is 66.0 Å². The van der Waals surface area contributed by atoms with Gasteiger partial charge < -0.3 is 10.1 Å². The number of ether oxygens (including phenoxy) is 1. The number of hydrogen-bond donors (Lipinski definition) is 1. The van der Waals surface area contributed by atoms with Crippen molar-refractivity contribution < 1.29 is 23.5 Å². The smallest absolute Gasteiger partial charge is 0.337 e. The molecule has 0 radical (unpaired) electrons. The Balaban J connectivity index is 1.75. The van der Waals surface area contributed by atoms with Crippen LogP contribution in [0.25, 0.3) is 0 Å². The van der Waals surface area contributed by atoms with Gasteiger partial charge in [-0.15, -0.1) is 11.3 Å². The van der Waals surface area contributed by atoms with E-state index in [2.05, 4.69) is 5.32 Å². The first-order valence-corrected chi connectivity index (χ1v) is 12.4. The molecule has 1 atom stereocenters. The fourth-order valence-electron chi connectivity index (χ4n) is 4.37. The van der Waals surface area contributed by atoms with Gasteiger partial charge in [0.05, 0.1) is 19.1 Å². The highest BCUT2D eigenvalue weighted by Gasteiger charge is 2.34. The van der Waals surface area contributed by atoms with Crippen LogP contribution >= 0.6 is 11.3 Å². The molecule has 1 aliphatic carbocycles. The number of benzene rings is 2. The molecule has 0 unspecified atom stereocenters. The van der Waals surface area contributed by atoms with E-state index in [-0.39, 0.29) is 24.3 Å². The molecule has 182 valence electrons. The van der Waals surface area contributed by atoms with E-state index in [0.29, 0.717) is 16.8 Å². The Hall–Kier alpha value is -3.52. The van der Waals surface area contributed by atoms with Crippen LogP contribution in [0.2, 0.25) is 0 Å². The van der Waals surface area contributed by atoms with Gasteiger partial charge in [0.1, 0.15) is 11.9 Å². The van der Waals surface area contributed by atoms with Gasteiger partial charge in [-0.05, 0) is 66.2 Å². The van der Waals surface area contributed by atoms with Crippen molar-refractivity contribution in [3.63, 3.8) is 0 Å².